The number of nitrogens with zero attached hydrogens (tertiary/aromatic N) is 2. The molecule has 1 aromatic carbocycles. The van der Waals surface area contributed by atoms with Crippen LogP contribution in [-0.4, -0.2) is 60.1 Å². The Balaban J connectivity index is 1.70. The Morgan fingerprint density at radius 2 is 1.80 bits per heavy atom. The Morgan fingerprint density at radius 3 is 2.44 bits per heavy atom. The van der Waals surface area contributed by atoms with Gasteiger partial charge in [-0.3, -0.25) is 9.80 Å². The highest BCUT2D eigenvalue weighted by molar-refractivity contribution is 9.09. The fourth-order valence-corrected chi connectivity index (χ4v) is 3.95. The van der Waals surface area contributed by atoms with Crippen LogP contribution in [0.2, 0.25) is 0 Å². The molecule has 3 nitrogen and oxygen atoms in total. The summed E-state index contributed by atoms with van der Waals surface area (Å²) in [7, 11) is 0. The van der Waals surface area contributed by atoms with Crippen molar-refractivity contribution in [3.63, 3.8) is 0 Å². The molecule has 1 aromatic rings. The number of hydrogen-bond acceptors (Lipinski definition) is 3. The second kappa shape index (κ2) is 12.1. The third-order valence-corrected chi connectivity index (χ3v) is 5.63. The molecule has 1 aliphatic rings. The minimum atomic E-state index is 0.619. The molecule has 0 aliphatic carbocycles. The summed E-state index contributed by atoms with van der Waals surface area (Å²) in [6.07, 6.45) is 4.82. The molecular formula is C21H35BrN2O. The number of likely N-dealkylation sites (tertiary alicyclic amines) is 1. The van der Waals surface area contributed by atoms with Crippen LogP contribution in [-0.2, 0) is 11.3 Å². The molecule has 0 aromatic heterocycles. The predicted octanol–water partition coefficient (Wildman–Crippen LogP) is 4.55. The third-order valence-electron chi connectivity index (χ3n) is 5.07. The van der Waals surface area contributed by atoms with Gasteiger partial charge in [0.2, 0.25) is 0 Å². The van der Waals surface area contributed by atoms with Crippen LogP contribution in [0.5, 0.6) is 0 Å². The topological polar surface area (TPSA) is 15.7 Å². The van der Waals surface area contributed by atoms with E-state index >= 15 is 0 Å². The summed E-state index contributed by atoms with van der Waals surface area (Å²) in [6.45, 7) is 11.1. The first-order chi connectivity index (χ1) is 12.2. The molecule has 0 unspecified atom stereocenters. The Kier molecular flexibility index (Phi) is 10.1. The first-order valence-corrected chi connectivity index (χ1v) is 11.0. The van der Waals surface area contributed by atoms with Crippen molar-refractivity contribution in [2.45, 2.75) is 58.2 Å². The SMILES string of the molecule is CC(C)N(CCCOCCCBr)C1CCN(Cc2ccccc2)CC1. The van der Waals surface area contributed by atoms with Crippen LogP contribution in [0.1, 0.15) is 45.1 Å². The highest BCUT2D eigenvalue weighted by atomic mass is 79.9. The molecule has 2 rings (SSSR count). The summed E-state index contributed by atoms with van der Waals surface area (Å²) in [4.78, 5) is 5.31. The Hall–Kier alpha value is -0.420. The molecule has 1 saturated heterocycles. The molecule has 0 N–H and O–H groups in total. The zero-order valence-corrected chi connectivity index (χ0v) is 17.6. The molecular weight excluding hydrogens is 376 g/mol. The average Bonchev–Trinajstić information content (AvgIpc) is 2.63. The summed E-state index contributed by atoms with van der Waals surface area (Å²) < 4.78 is 5.71. The lowest BCUT2D eigenvalue weighted by molar-refractivity contribution is 0.0658. The highest BCUT2D eigenvalue weighted by Crippen LogP contribution is 2.20. The van der Waals surface area contributed by atoms with E-state index in [4.69, 9.17) is 4.74 Å². The monoisotopic (exact) mass is 410 g/mol. The van der Waals surface area contributed by atoms with E-state index in [1.165, 1.54) is 31.5 Å². The molecule has 0 bridgehead atoms. The molecule has 0 saturated carbocycles. The molecule has 1 aliphatic heterocycles. The van der Waals surface area contributed by atoms with Gasteiger partial charge >= 0.3 is 0 Å². The van der Waals surface area contributed by atoms with E-state index in [2.05, 4.69) is 69.9 Å². The van der Waals surface area contributed by atoms with Gasteiger partial charge < -0.3 is 4.74 Å². The van der Waals surface area contributed by atoms with Crippen molar-refractivity contribution >= 4 is 15.9 Å². The van der Waals surface area contributed by atoms with Crippen LogP contribution in [0.4, 0.5) is 0 Å². The van der Waals surface area contributed by atoms with Gasteiger partial charge in [-0.2, -0.15) is 0 Å². The fraction of sp³-hybridized carbons (Fsp3) is 0.714. The number of alkyl halides is 1. The van der Waals surface area contributed by atoms with Crippen molar-refractivity contribution in [2.24, 2.45) is 0 Å². The average molecular weight is 411 g/mol. The quantitative estimate of drug-likeness (QED) is 0.392. The van der Waals surface area contributed by atoms with Gasteiger partial charge in [0.1, 0.15) is 0 Å². The van der Waals surface area contributed by atoms with Crippen LogP contribution in [0.15, 0.2) is 30.3 Å². The van der Waals surface area contributed by atoms with Crippen molar-refractivity contribution in [1.82, 2.24) is 9.80 Å². The van der Waals surface area contributed by atoms with Gasteiger partial charge in [0.15, 0.2) is 0 Å². The second-order valence-corrected chi connectivity index (χ2v) is 8.13. The predicted molar refractivity (Wildman–Crippen MR) is 110 cm³/mol. The number of rotatable bonds is 11. The van der Waals surface area contributed by atoms with E-state index in [-0.39, 0.29) is 0 Å². The summed E-state index contributed by atoms with van der Waals surface area (Å²) in [6, 6.07) is 12.2. The van der Waals surface area contributed by atoms with Gasteiger partial charge in [-0.1, -0.05) is 46.3 Å². The molecule has 25 heavy (non-hydrogen) atoms. The minimum Gasteiger partial charge on any atom is -0.381 e. The lowest BCUT2D eigenvalue weighted by Gasteiger charge is -2.40. The first kappa shape index (κ1) is 20.9. The van der Waals surface area contributed by atoms with Gasteiger partial charge in [-0.15, -0.1) is 0 Å². The maximum atomic E-state index is 5.71. The largest absolute Gasteiger partial charge is 0.381 e. The van der Waals surface area contributed by atoms with Gasteiger partial charge in [0.25, 0.3) is 0 Å². The second-order valence-electron chi connectivity index (χ2n) is 7.33. The lowest BCUT2D eigenvalue weighted by Crippen LogP contribution is -2.47. The maximum absolute atomic E-state index is 5.71. The lowest BCUT2D eigenvalue weighted by atomic mass is 10.0. The van der Waals surface area contributed by atoms with Crippen molar-refractivity contribution in [1.29, 1.82) is 0 Å². The fourth-order valence-electron chi connectivity index (χ4n) is 3.72. The van der Waals surface area contributed by atoms with Gasteiger partial charge in [0.05, 0.1) is 0 Å². The molecule has 0 radical (unpaired) electrons. The molecule has 1 heterocycles. The molecule has 0 amide bonds. The summed E-state index contributed by atoms with van der Waals surface area (Å²) in [5.41, 5.74) is 1.43. The van der Waals surface area contributed by atoms with Crippen LogP contribution in [0, 0.1) is 0 Å². The number of piperidine rings is 1. The van der Waals surface area contributed by atoms with Crippen molar-refractivity contribution < 1.29 is 4.74 Å². The summed E-state index contributed by atoms with van der Waals surface area (Å²) in [5.74, 6) is 0. The van der Waals surface area contributed by atoms with E-state index in [1.807, 2.05) is 0 Å². The number of ether oxygens (including phenoxy) is 1. The summed E-state index contributed by atoms with van der Waals surface area (Å²) in [5, 5.41) is 1.03. The van der Waals surface area contributed by atoms with E-state index in [1.54, 1.807) is 0 Å². The van der Waals surface area contributed by atoms with Crippen molar-refractivity contribution in [3.05, 3.63) is 35.9 Å². The standard InChI is InChI=1S/C21H35BrN2O/c1-19(2)24(13-7-17-25-16-6-12-22)21-10-14-23(15-11-21)18-20-8-4-3-5-9-20/h3-5,8-9,19,21H,6-7,10-18H2,1-2H3. The molecule has 4 heteroatoms. The molecule has 1 fully saturated rings. The van der Waals surface area contributed by atoms with Gasteiger partial charge in [-0.05, 0) is 58.2 Å². The first-order valence-electron chi connectivity index (χ1n) is 9.86. The van der Waals surface area contributed by atoms with E-state index in [0.717, 1.165) is 50.5 Å². The number of benzene rings is 1. The Bertz CT molecular complexity index is 446. The van der Waals surface area contributed by atoms with Gasteiger partial charge in [-0.25, -0.2) is 0 Å². The van der Waals surface area contributed by atoms with Crippen molar-refractivity contribution in [2.75, 3.05) is 38.2 Å². The number of halogens is 1. The third kappa shape index (κ3) is 7.78. The van der Waals surface area contributed by atoms with E-state index in [0.29, 0.717) is 6.04 Å². The van der Waals surface area contributed by atoms with E-state index in [9.17, 15) is 0 Å². The Morgan fingerprint density at radius 1 is 1.12 bits per heavy atom. The maximum Gasteiger partial charge on any atom is 0.0478 e. The van der Waals surface area contributed by atoms with Crippen LogP contribution < -0.4 is 0 Å². The molecule has 0 atom stereocenters. The normalized spacial score (nSPS) is 16.8. The molecule has 0 spiro atoms. The Labute approximate surface area is 162 Å². The van der Waals surface area contributed by atoms with Crippen LogP contribution >= 0.6 is 15.9 Å². The van der Waals surface area contributed by atoms with E-state index < -0.39 is 0 Å². The summed E-state index contributed by atoms with van der Waals surface area (Å²) >= 11 is 3.45. The minimum absolute atomic E-state index is 0.619. The zero-order valence-electron chi connectivity index (χ0n) is 16.0. The van der Waals surface area contributed by atoms with Crippen LogP contribution in [0.25, 0.3) is 0 Å². The van der Waals surface area contributed by atoms with Crippen LogP contribution in [0.3, 0.4) is 0 Å². The number of hydrogen-bond donors (Lipinski definition) is 0. The zero-order chi connectivity index (χ0) is 17.9. The highest BCUT2D eigenvalue weighted by Gasteiger charge is 2.25. The molecule has 142 valence electrons. The van der Waals surface area contributed by atoms with Gasteiger partial charge in [0, 0.05) is 43.7 Å². The van der Waals surface area contributed by atoms with Crippen molar-refractivity contribution in [3.8, 4) is 0 Å². The smallest absolute Gasteiger partial charge is 0.0478 e.